The van der Waals surface area contributed by atoms with E-state index >= 15 is 0 Å². The number of halogens is 6. The van der Waals surface area contributed by atoms with E-state index in [0.29, 0.717) is 0 Å². The Kier molecular flexibility index (Phi) is 5.28. The van der Waals surface area contributed by atoms with Crippen molar-refractivity contribution in [3.8, 4) is 17.0 Å². The molecule has 1 aliphatic carbocycles. The molecule has 3 heterocycles. The van der Waals surface area contributed by atoms with E-state index in [1.807, 2.05) is 0 Å². The van der Waals surface area contributed by atoms with Crippen LogP contribution in [0.5, 0.6) is 5.88 Å². The zero-order chi connectivity index (χ0) is 22.4. The van der Waals surface area contributed by atoms with Crippen LogP contribution in [-0.4, -0.2) is 38.5 Å². The molecule has 6 nitrogen and oxygen atoms in total. The normalized spacial score (nSPS) is 16.0. The lowest BCUT2D eigenvalue weighted by atomic mass is 10.1. The summed E-state index contributed by atoms with van der Waals surface area (Å²) in [4.78, 5) is 3.59. The zero-order valence-electron chi connectivity index (χ0n) is 16.0. The van der Waals surface area contributed by atoms with E-state index in [0.717, 1.165) is 36.4 Å². The Balaban J connectivity index is 1.61. The van der Waals surface area contributed by atoms with Crippen LogP contribution in [0, 0.1) is 11.7 Å². The number of pyridine rings is 2. The lowest BCUT2D eigenvalue weighted by Crippen LogP contribution is -2.31. The molecule has 1 aliphatic rings. The minimum absolute atomic E-state index is 0.103. The maximum Gasteiger partial charge on any atom is 0.425 e. The fourth-order valence-corrected chi connectivity index (χ4v) is 2.74. The molecule has 1 fully saturated rings. The molecule has 0 bridgehead atoms. The Bertz CT molecular complexity index is 1100. The first-order valence-corrected chi connectivity index (χ1v) is 9.31. The Labute approximate surface area is 171 Å². The summed E-state index contributed by atoms with van der Waals surface area (Å²) in [6, 6.07) is 3.75. The van der Waals surface area contributed by atoms with E-state index in [1.165, 1.54) is 18.3 Å². The number of nitrogens with zero attached hydrogens (tertiary/aromatic N) is 4. The average molecular weight is 446 g/mol. The van der Waals surface area contributed by atoms with Gasteiger partial charge in [-0.15, -0.1) is 10.2 Å². The van der Waals surface area contributed by atoms with Crippen molar-refractivity contribution in [3.05, 3.63) is 42.2 Å². The van der Waals surface area contributed by atoms with Crippen LogP contribution in [-0.2, 0) is 10.8 Å². The minimum Gasteiger partial charge on any atom is -0.463 e. The highest BCUT2D eigenvalue weighted by Crippen LogP contribution is 2.35. The van der Waals surface area contributed by atoms with E-state index in [9.17, 15) is 26.3 Å². The fourth-order valence-electron chi connectivity index (χ4n) is 2.74. The van der Waals surface area contributed by atoms with Crippen LogP contribution in [0.3, 0.4) is 0 Å². The average Bonchev–Trinajstić information content (AvgIpc) is 3.43. The van der Waals surface area contributed by atoms with Crippen molar-refractivity contribution in [1.29, 1.82) is 0 Å². The Morgan fingerprint density at radius 3 is 2.52 bits per heavy atom. The first kappa shape index (κ1) is 21.3. The van der Waals surface area contributed by atoms with Gasteiger partial charge in [0, 0.05) is 23.5 Å². The summed E-state index contributed by atoms with van der Waals surface area (Å²) in [5.41, 5.74) is 0.502. The van der Waals surface area contributed by atoms with Gasteiger partial charge in [-0.05, 0) is 43.9 Å². The molecule has 31 heavy (non-hydrogen) atoms. The van der Waals surface area contributed by atoms with E-state index in [4.69, 9.17) is 4.74 Å². The lowest BCUT2D eigenvalue weighted by molar-refractivity contribution is -0.256. The third-order valence-electron chi connectivity index (χ3n) is 4.75. The van der Waals surface area contributed by atoms with Gasteiger partial charge >= 0.3 is 12.3 Å². The molecule has 1 saturated carbocycles. The summed E-state index contributed by atoms with van der Waals surface area (Å²) in [6.45, 7) is 0.622. The third kappa shape index (κ3) is 4.58. The molecule has 4 rings (SSSR count). The zero-order valence-corrected chi connectivity index (χ0v) is 16.0. The molecule has 0 aliphatic heterocycles. The van der Waals surface area contributed by atoms with Crippen LogP contribution >= 0.6 is 0 Å². The van der Waals surface area contributed by atoms with Crippen LogP contribution in [0.25, 0.3) is 16.8 Å². The molecule has 3 aromatic heterocycles. The maximum atomic E-state index is 14.5. The number of ether oxygens (including phenoxy) is 2. The van der Waals surface area contributed by atoms with Crippen LogP contribution in [0.1, 0.15) is 25.6 Å². The lowest BCUT2D eigenvalue weighted by Gasteiger charge is -2.17. The molecular weight excluding hydrogens is 430 g/mol. The van der Waals surface area contributed by atoms with Crippen LogP contribution in [0.2, 0.25) is 0 Å². The first-order chi connectivity index (χ1) is 14.5. The molecule has 0 amide bonds. The van der Waals surface area contributed by atoms with Gasteiger partial charge in [0.05, 0.1) is 6.61 Å². The molecule has 0 spiro atoms. The van der Waals surface area contributed by atoms with E-state index in [1.54, 1.807) is 0 Å². The SMILES string of the molecule is C[C@H](Oc1ncc(-c2ccc3nnc(C(F)(F)OCC4CC4)n3c2)cc1F)C(F)(F)F. The van der Waals surface area contributed by atoms with Crippen molar-refractivity contribution in [3.63, 3.8) is 0 Å². The van der Waals surface area contributed by atoms with Crippen molar-refractivity contribution in [2.45, 2.75) is 38.2 Å². The monoisotopic (exact) mass is 446 g/mol. The van der Waals surface area contributed by atoms with E-state index in [2.05, 4.69) is 19.9 Å². The van der Waals surface area contributed by atoms with E-state index in [-0.39, 0.29) is 29.3 Å². The van der Waals surface area contributed by atoms with Crippen molar-refractivity contribution in [2.24, 2.45) is 5.92 Å². The van der Waals surface area contributed by atoms with Gasteiger partial charge in [0.1, 0.15) is 0 Å². The number of hydrogen-bond acceptors (Lipinski definition) is 5. The van der Waals surface area contributed by atoms with Crippen molar-refractivity contribution in [2.75, 3.05) is 6.61 Å². The predicted molar refractivity (Wildman–Crippen MR) is 94.9 cm³/mol. The van der Waals surface area contributed by atoms with Crippen molar-refractivity contribution < 1.29 is 35.8 Å². The van der Waals surface area contributed by atoms with Gasteiger partial charge in [0.25, 0.3) is 5.88 Å². The van der Waals surface area contributed by atoms with Gasteiger partial charge in [0.15, 0.2) is 17.6 Å². The molecular formula is C19H16F6N4O2. The van der Waals surface area contributed by atoms with Crippen molar-refractivity contribution >= 4 is 5.65 Å². The largest absolute Gasteiger partial charge is 0.463 e. The molecule has 166 valence electrons. The quantitative estimate of drug-likeness (QED) is 0.491. The summed E-state index contributed by atoms with van der Waals surface area (Å²) in [6.07, 6.45) is -6.63. The standard InChI is InChI=1S/C19H16F6N4O2/c1-10(18(21,22)23)31-16-14(20)6-13(7-26-16)12-4-5-15-27-28-17(29(15)8-12)19(24,25)30-9-11-2-3-11/h4-8,10-11H,2-3,9H2,1H3/t10-/m0/s1. The van der Waals surface area contributed by atoms with Crippen LogP contribution in [0.4, 0.5) is 26.3 Å². The highest BCUT2D eigenvalue weighted by molar-refractivity contribution is 5.64. The molecule has 0 radical (unpaired) electrons. The van der Waals surface area contributed by atoms with Gasteiger partial charge in [-0.25, -0.2) is 9.37 Å². The molecule has 3 aromatic rings. The molecule has 0 saturated heterocycles. The molecule has 0 N–H and O–H groups in total. The third-order valence-corrected chi connectivity index (χ3v) is 4.75. The Hall–Kier alpha value is -2.89. The van der Waals surface area contributed by atoms with Crippen molar-refractivity contribution in [1.82, 2.24) is 19.6 Å². The molecule has 1 atom stereocenters. The summed E-state index contributed by atoms with van der Waals surface area (Å²) in [5, 5.41) is 7.20. The predicted octanol–water partition coefficient (Wildman–Crippen LogP) is 4.74. The summed E-state index contributed by atoms with van der Waals surface area (Å²) < 4.78 is 91.2. The number of alkyl halides is 5. The highest BCUT2D eigenvalue weighted by Gasteiger charge is 2.41. The fraction of sp³-hybridized carbons (Fsp3) is 0.421. The van der Waals surface area contributed by atoms with E-state index < -0.39 is 35.9 Å². The maximum absolute atomic E-state index is 14.5. The minimum atomic E-state index is -4.69. The smallest absolute Gasteiger partial charge is 0.425 e. The number of fused-ring (bicyclic) bond motifs is 1. The number of hydrogen-bond donors (Lipinski definition) is 0. The number of rotatable bonds is 7. The van der Waals surface area contributed by atoms with Gasteiger partial charge < -0.3 is 9.47 Å². The summed E-state index contributed by atoms with van der Waals surface area (Å²) >= 11 is 0. The topological polar surface area (TPSA) is 61.5 Å². The molecule has 0 unspecified atom stereocenters. The first-order valence-electron chi connectivity index (χ1n) is 9.31. The second-order valence-electron chi connectivity index (χ2n) is 7.25. The summed E-state index contributed by atoms with van der Waals surface area (Å²) in [7, 11) is 0. The molecule has 0 aromatic carbocycles. The second-order valence-corrected chi connectivity index (χ2v) is 7.25. The van der Waals surface area contributed by atoms with Gasteiger partial charge in [-0.1, -0.05) is 0 Å². The van der Waals surface area contributed by atoms with Gasteiger partial charge in [-0.3, -0.25) is 4.40 Å². The van der Waals surface area contributed by atoms with Gasteiger partial charge in [0.2, 0.25) is 5.82 Å². The molecule has 12 heteroatoms. The summed E-state index contributed by atoms with van der Waals surface area (Å²) in [5.74, 6) is -2.58. The van der Waals surface area contributed by atoms with Crippen LogP contribution in [0.15, 0.2) is 30.6 Å². The Morgan fingerprint density at radius 1 is 1.13 bits per heavy atom. The Morgan fingerprint density at radius 2 is 1.87 bits per heavy atom. The van der Waals surface area contributed by atoms with Crippen LogP contribution < -0.4 is 4.74 Å². The number of aromatic nitrogens is 4. The van der Waals surface area contributed by atoms with Gasteiger partial charge in [-0.2, -0.15) is 22.0 Å². The highest BCUT2D eigenvalue weighted by atomic mass is 19.4. The second kappa shape index (κ2) is 7.66.